The molecule has 0 unspecified atom stereocenters. The van der Waals surface area contributed by atoms with Gasteiger partial charge in [-0.2, -0.15) is 0 Å². The summed E-state index contributed by atoms with van der Waals surface area (Å²) in [5.74, 6) is 9.99. The van der Waals surface area contributed by atoms with Crippen LogP contribution in [0.25, 0.3) is 0 Å². The number of aromatic nitrogens is 1. The summed E-state index contributed by atoms with van der Waals surface area (Å²) in [6.45, 7) is 0.245. The molecule has 15 nitrogen and oxygen atoms in total. The molecule has 4 N–H and O–H groups in total. The summed E-state index contributed by atoms with van der Waals surface area (Å²) in [6, 6.07) is 1.26. The Bertz CT molecular complexity index is 1440. The average molecular weight is 588 g/mol. The molecule has 1 aromatic rings. The van der Waals surface area contributed by atoms with Crippen molar-refractivity contribution in [1.29, 1.82) is 0 Å². The number of hydrogen-bond donors (Lipinski definition) is 4. The highest BCUT2D eigenvalue weighted by Crippen LogP contribution is 2.45. The average Bonchev–Trinajstić information content (AvgIpc) is 3.41. The molecule has 1 aliphatic carbocycles. The van der Waals surface area contributed by atoms with Gasteiger partial charge in [0, 0.05) is 30.3 Å². The lowest BCUT2D eigenvalue weighted by atomic mass is 10.1. The van der Waals surface area contributed by atoms with Crippen LogP contribution in [0.2, 0.25) is 0 Å². The molecule has 0 spiro atoms. The zero-order chi connectivity index (χ0) is 29.1. The summed E-state index contributed by atoms with van der Waals surface area (Å²) in [4.78, 5) is 54.6. The Balaban J connectivity index is 1.53. The van der Waals surface area contributed by atoms with Crippen LogP contribution < -0.4 is 5.48 Å². The molecule has 212 valence electrons. The van der Waals surface area contributed by atoms with Crippen molar-refractivity contribution < 1.29 is 56.4 Å². The third-order valence-electron chi connectivity index (χ3n) is 6.30. The first kappa shape index (κ1) is 30.2. The van der Waals surface area contributed by atoms with E-state index in [2.05, 4.69) is 32.9 Å². The second-order valence-electron chi connectivity index (χ2n) is 9.19. The fourth-order valence-electron chi connectivity index (χ4n) is 3.51. The van der Waals surface area contributed by atoms with E-state index in [1.807, 2.05) is 0 Å². The van der Waals surface area contributed by atoms with Crippen molar-refractivity contribution in [3.05, 3.63) is 23.5 Å². The van der Waals surface area contributed by atoms with Crippen LogP contribution >= 0.6 is 7.82 Å². The van der Waals surface area contributed by atoms with Gasteiger partial charge in [-0.25, -0.2) is 32.6 Å². The number of sulfone groups is 1. The van der Waals surface area contributed by atoms with E-state index in [0.29, 0.717) is 24.1 Å². The van der Waals surface area contributed by atoms with Crippen LogP contribution in [0.4, 0.5) is 9.59 Å². The van der Waals surface area contributed by atoms with Crippen molar-refractivity contribution in [3.63, 3.8) is 0 Å². The second-order valence-corrected chi connectivity index (χ2v) is 12.9. The van der Waals surface area contributed by atoms with Crippen molar-refractivity contribution >= 4 is 35.8 Å². The third kappa shape index (κ3) is 7.60. The number of phosphoric acid groups is 1. The monoisotopic (exact) mass is 587 g/mol. The van der Waals surface area contributed by atoms with Crippen LogP contribution in [0.1, 0.15) is 37.4 Å². The molecule has 39 heavy (non-hydrogen) atoms. The van der Waals surface area contributed by atoms with Crippen molar-refractivity contribution in [2.24, 2.45) is 5.41 Å². The van der Waals surface area contributed by atoms with Gasteiger partial charge in [-0.3, -0.25) is 14.6 Å². The van der Waals surface area contributed by atoms with Crippen molar-refractivity contribution in [1.82, 2.24) is 14.9 Å². The Morgan fingerprint density at radius 1 is 1.26 bits per heavy atom. The Morgan fingerprint density at radius 2 is 1.95 bits per heavy atom. The maximum absolute atomic E-state index is 12.7. The first-order valence-corrected chi connectivity index (χ1v) is 14.7. The number of phosphoric ester groups is 1. The van der Waals surface area contributed by atoms with Crippen molar-refractivity contribution in [2.45, 2.75) is 37.5 Å². The molecule has 0 radical (unpaired) electrons. The molecule has 1 saturated carbocycles. The van der Waals surface area contributed by atoms with Gasteiger partial charge in [0.2, 0.25) is 6.79 Å². The van der Waals surface area contributed by atoms with Gasteiger partial charge >= 0.3 is 20.0 Å². The normalized spacial score (nSPS) is 17.1. The zero-order valence-electron chi connectivity index (χ0n) is 20.9. The second kappa shape index (κ2) is 11.4. The highest BCUT2D eigenvalue weighted by atomic mass is 32.2. The number of nitrogens with one attached hydrogen (secondary N) is 1. The van der Waals surface area contributed by atoms with Gasteiger partial charge in [0.1, 0.15) is 6.61 Å². The number of carbonyl (C=O) groups excluding carboxylic acids is 3. The molecule has 1 fully saturated rings. The number of rotatable bonds is 10. The van der Waals surface area contributed by atoms with E-state index in [1.165, 1.54) is 28.1 Å². The van der Waals surface area contributed by atoms with E-state index < -0.39 is 52.7 Å². The number of carbonyl (C=O) groups is 3. The lowest BCUT2D eigenvalue weighted by Gasteiger charge is -2.27. The minimum absolute atomic E-state index is 0.0433. The van der Waals surface area contributed by atoms with Crippen LogP contribution in [0.3, 0.4) is 0 Å². The number of ether oxygens (including phenoxy) is 2. The molecule has 17 heteroatoms. The molecular formula is C22H26N3O12PS. The van der Waals surface area contributed by atoms with Crippen LogP contribution in [0, 0.1) is 29.1 Å². The summed E-state index contributed by atoms with van der Waals surface area (Å²) in [5.41, 5.74) is 1.90. The van der Waals surface area contributed by atoms with E-state index in [4.69, 9.17) is 19.7 Å². The minimum Gasteiger partial charge on any atom is -0.433 e. The Kier molecular flexibility index (Phi) is 8.82. The summed E-state index contributed by atoms with van der Waals surface area (Å²) in [5, 5.41) is 8.93. The lowest BCUT2D eigenvalue weighted by molar-refractivity contribution is -0.131. The fraction of sp³-hybridized carbons (Fsp3) is 0.500. The number of amides is 2. The van der Waals surface area contributed by atoms with Gasteiger partial charge in [-0.15, -0.1) is 0 Å². The van der Waals surface area contributed by atoms with Crippen molar-refractivity contribution in [2.75, 3.05) is 26.2 Å². The molecule has 1 aliphatic heterocycles. The lowest BCUT2D eigenvalue weighted by Crippen LogP contribution is -2.50. The van der Waals surface area contributed by atoms with Gasteiger partial charge in [-0.05, 0) is 44.1 Å². The summed E-state index contributed by atoms with van der Waals surface area (Å²) >= 11 is 0. The first-order valence-electron chi connectivity index (χ1n) is 11.3. The van der Waals surface area contributed by atoms with E-state index >= 15 is 0 Å². The molecule has 1 aromatic heterocycles. The Morgan fingerprint density at radius 3 is 2.51 bits per heavy atom. The molecule has 2 aliphatic rings. The maximum Gasteiger partial charge on any atom is 0.510 e. The summed E-state index contributed by atoms with van der Waals surface area (Å²) in [6.07, 6.45) is 2.30. The topological polar surface area (TPSA) is 211 Å². The molecule has 0 aromatic carbocycles. The van der Waals surface area contributed by atoms with Crippen LogP contribution in [-0.2, 0) is 39.7 Å². The highest BCUT2D eigenvalue weighted by Gasteiger charge is 2.44. The molecular weight excluding hydrogens is 561 g/mol. The summed E-state index contributed by atoms with van der Waals surface area (Å²) in [7, 11) is -8.66. The van der Waals surface area contributed by atoms with Gasteiger partial charge in [0.25, 0.3) is 5.91 Å². The number of hydroxylamine groups is 1. The van der Waals surface area contributed by atoms with Crippen LogP contribution in [0.15, 0.2) is 12.3 Å². The van der Waals surface area contributed by atoms with Gasteiger partial charge < -0.3 is 24.2 Å². The van der Waals surface area contributed by atoms with E-state index in [0.717, 1.165) is 6.26 Å². The predicted molar refractivity (Wildman–Crippen MR) is 130 cm³/mol. The van der Waals surface area contributed by atoms with Gasteiger partial charge in [-0.1, -0.05) is 11.8 Å². The first-order chi connectivity index (χ1) is 18.1. The molecule has 0 bridgehead atoms. The van der Waals surface area contributed by atoms with Crippen LogP contribution in [-0.4, -0.2) is 81.9 Å². The molecule has 2 heterocycles. The quantitative estimate of drug-likeness (QED) is 0.0728. The standard InChI is InChI=1S/C22H26N3O12PS/c1-21(18(26)23-29,39(2,33)34)9-10-24-13-17-11-16(12-25(17)19(24)27)5-3-4-6-22(7-8-22)14-35-20(28)36-15-37-38(30,31)32/h11-12,29H,7-10,13-15H2,1-2H3,(H,23,26)(H2,30,31,32)/t21-/m1/s1. The number of fused-ring (bicyclic) bond motifs is 1. The highest BCUT2D eigenvalue weighted by molar-refractivity contribution is 7.92. The van der Waals surface area contributed by atoms with Gasteiger partial charge in [0.05, 0.1) is 12.0 Å². The van der Waals surface area contributed by atoms with E-state index in [9.17, 15) is 27.4 Å². The molecule has 0 saturated heterocycles. The third-order valence-corrected chi connectivity index (χ3v) is 8.77. The minimum atomic E-state index is -4.77. The Hall–Kier alpha value is -3.37. The zero-order valence-corrected chi connectivity index (χ0v) is 22.6. The molecule has 1 atom stereocenters. The smallest absolute Gasteiger partial charge is 0.433 e. The van der Waals surface area contributed by atoms with Gasteiger partial charge in [0.15, 0.2) is 14.6 Å². The van der Waals surface area contributed by atoms with E-state index in [1.54, 1.807) is 6.07 Å². The van der Waals surface area contributed by atoms with Crippen molar-refractivity contribution in [3.8, 4) is 23.7 Å². The predicted octanol–water partition coefficient (Wildman–Crippen LogP) is 0.326. The number of hydrogen-bond acceptors (Lipinski definition) is 10. The maximum atomic E-state index is 12.7. The SMILES string of the molecule is C[C@@](CCN1Cc2cc(C#CC#CC3(COC(=O)OCOP(=O)(O)O)CC3)cn2C1=O)(C(=O)NO)S(C)(=O)=O. The van der Waals surface area contributed by atoms with E-state index in [-0.39, 0.29) is 26.1 Å². The Labute approximate surface area is 223 Å². The molecule has 2 amide bonds. The molecule has 3 rings (SSSR count). The number of nitrogens with zero attached hydrogens (tertiary/aromatic N) is 2. The largest absolute Gasteiger partial charge is 0.510 e. The van der Waals surface area contributed by atoms with Crippen LogP contribution in [0.5, 0.6) is 0 Å². The summed E-state index contributed by atoms with van der Waals surface area (Å²) < 4.78 is 47.5. The fourth-order valence-corrected chi connectivity index (χ4v) is 4.54.